The Hall–Kier alpha value is -2.40. The lowest BCUT2D eigenvalue weighted by atomic mass is 9.80. The molecule has 0 aromatic carbocycles. The van der Waals surface area contributed by atoms with Crippen molar-refractivity contribution in [3.8, 4) is 0 Å². The van der Waals surface area contributed by atoms with E-state index in [9.17, 15) is 4.79 Å². The van der Waals surface area contributed by atoms with E-state index in [4.69, 9.17) is 14.0 Å². The second-order valence-corrected chi connectivity index (χ2v) is 10.4. The van der Waals surface area contributed by atoms with E-state index in [1.807, 2.05) is 46.1 Å². The van der Waals surface area contributed by atoms with E-state index in [0.29, 0.717) is 11.7 Å². The van der Waals surface area contributed by atoms with Gasteiger partial charge in [-0.15, -0.1) is 0 Å². The van der Waals surface area contributed by atoms with Crippen LogP contribution in [0.5, 0.6) is 0 Å². The van der Waals surface area contributed by atoms with Crippen LogP contribution in [-0.4, -0.2) is 91.4 Å². The number of piperazine rings is 1. The van der Waals surface area contributed by atoms with Crippen LogP contribution in [0.25, 0.3) is 0 Å². The van der Waals surface area contributed by atoms with Crippen molar-refractivity contribution in [1.29, 1.82) is 0 Å². The molecule has 4 rings (SSSR count). The molecule has 1 N–H and O–H groups in total. The first kappa shape index (κ1) is 25.7. The molecule has 0 unspecified atom stereocenters. The average Bonchev–Trinajstić information content (AvgIpc) is 2.99. The van der Waals surface area contributed by atoms with Gasteiger partial charge in [-0.2, -0.15) is 0 Å². The topological polar surface area (TPSA) is 80.6 Å². The molecule has 0 radical (unpaired) electrons. The molecule has 3 saturated heterocycles. The van der Waals surface area contributed by atoms with Gasteiger partial charge < -0.3 is 28.8 Å². The Kier molecular flexibility index (Phi) is 7.56. The number of aryl methyl sites for hydroxylation is 1. The minimum Gasteiger partial charge on any atom is -0.399 e. The Balaban J connectivity index is 1.43. The van der Waals surface area contributed by atoms with E-state index < -0.39 is 18.3 Å². The lowest BCUT2D eigenvalue weighted by Gasteiger charge is -2.43. The Morgan fingerprint density at radius 3 is 2.37 bits per heavy atom. The number of hydrogen-bond donors (Lipinski definition) is 1. The van der Waals surface area contributed by atoms with Crippen molar-refractivity contribution in [2.75, 3.05) is 51.8 Å². The quantitative estimate of drug-likeness (QED) is 0.355. The molecule has 0 spiro atoms. The number of nitrogens with zero attached hydrogens (tertiary/aromatic N) is 4. The molecule has 1 aromatic heterocycles. The molecular weight excluding hydrogens is 445 g/mol. The highest BCUT2D eigenvalue weighted by Crippen LogP contribution is 2.36. The largest absolute Gasteiger partial charge is 0.496 e. The summed E-state index contributed by atoms with van der Waals surface area (Å²) in [5.74, 6) is 0. The highest BCUT2D eigenvalue weighted by atomic mass is 16.7. The predicted molar refractivity (Wildman–Crippen MR) is 140 cm³/mol. The standard InChI is InChI=1S/C25H38BN5O4/c1-24(2)25(3,4)35-26(34-24)19-14-22(23(32)29(6)16-19)28-9-7-8-20(15-27-5)30-10-12-31(13-11-30)21-17-33-18-21/h7-9,14-16,21,28H,10-13,17-18H2,1-6H3/b9-7+,20-8+,27-15?. The van der Waals surface area contributed by atoms with E-state index in [1.165, 1.54) is 0 Å². The molecule has 1 aromatic rings. The van der Waals surface area contributed by atoms with Gasteiger partial charge in [0.2, 0.25) is 0 Å². The van der Waals surface area contributed by atoms with Gasteiger partial charge in [0, 0.05) is 64.3 Å². The highest BCUT2D eigenvalue weighted by molar-refractivity contribution is 6.62. The number of pyridine rings is 1. The van der Waals surface area contributed by atoms with Gasteiger partial charge >= 0.3 is 7.12 Å². The fourth-order valence-electron chi connectivity index (χ4n) is 4.38. The Labute approximate surface area is 208 Å². The van der Waals surface area contributed by atoms with Crippen molar-refractivity contribution in [2.24, 2.45) is 12.0 Å². The minimum absolute atomic E-state index is 0.120. The number of nitrogens with one attached hydrogen (secondary N) is 1. The van der Waals surface area contributed by atoms with Crippen LogP contribution in [0.2, 0.25) is 0 Å². The molecule has 4 heterocycles. The molecule has 0 saturated carbocycles. The molecule has 9 nitrogen and oxygen atoms in total. The summed E-state index contributed by atoms with van der Waals surface area (Å²) in [5.41, 5.74) is 1.30. The minimum atomic E-state index is -0.534. The molecule has 190 valence electrons. The third-order valence-corrected chi connectivity index (χ3v) is 7.41. The van der Waals surface area contributed by atoms with Gasteiger partial charge in [0.25, 0.3) is 5.56 Å². The highest BCUT2D eigenvalue weighted by Gasteiger charge is 2.52. The van der Waals surface area contributed by atoms with Gasteiger partial charge in [-0.25, -0.2) is 0 Å². The number of hydrogen-bond acceptors (Lipinski definition) is 8. The van der Waals surface area contributed by atoms with Crippen LogP contribution in [0, 0.1) is 0 Å². The normalized spacial score (nSPS) is 23.4. The lowest BCUT2D eigenvalue weighted by Crippen LogP contribution is -2.56. The Bertz CT molecular complexity index is 1040. The first-order valence-corrected chi connectivity index (χ1v) is 12.3. The molecule has 3 aliphatic heterocycles. The molecule has 3 aliphatic rings. The van der Waals surface area contributed by atoms with E-state index >= 15 is 0 Å². The summed E-state index contributed by atoms with van der Waals surface area (Å²) in [6, 6.07) is 2.38. The third-order valence-electron chi connectivity index (χ3n) is 7.41. The second kappa shape index (κ2) is 10.3. The van der Waals surface area contributed by atoms with Crippen molar-refractivity contribution in [2.45, 2.75) is 44.9 Å². The summed E-state index contributed by atoms with van der Waals surface area (Å²) in [4.78, 5) is 21.8. The fourth-order valence-corrected chi connectivity index (χ4v) is 4.38. The molecular formula is C25H38BN5O4. The lowest BCUT2D eigenvalue weighted by molar-refractivity contribution is -0.0743. The summed E-state index contributed by atoms with van der Waals surface area (Å²) in [5, 5.41) is 3.14. The molecule has 0 amide bonds. The van der Waals surface area contributed by atoms with Crippen LogP contribution in [0.4, 0.5) is 5.69 Å². The van der Waals surface area contributed by atoms with Gasteiger partial charge in [0.05, 0.1) is 36.2 Å². The molecule has 10 heteroatoms. The van der Waals surface area contributed by atoms with Crippen LogP contribution in [0.1, 0.15) is 27.7 Å². The van der Waals surface area contributed by atoms with Crippen molar-refractivity contribution in [3.63, 3.8) is 0 Å². The SMILES string of the molecule is CN=C/C(=C\C=C\Nc1cc(B2OC(C)(C)C(C)(C)O2)cn(C)c1=O)N1CCN(C2COC2)CC1. The smallest absolute Gasteiger partial charge is 0.399 e. The fraction of sp³-hybridized carbons (Fsp3) is 0.600. The Morgan fingerprint density at radius 2 is 1.80 bits per heavy atom. The number of rotatable bonds is 7. The maximum atomic E-state index is 12.7. The molecule has 0 atom stereocenters. The summed E-state index contributed by atoms with van der Waals surface area (Å²) in [7, 11) is 2.98. The second-order valence-electron chi connectivity index (χ2n) is 10.4. The maximum Gasteiger partial charge on any atom is 0.496 e. The van der Waals surface area contributed by atoms with Gasteiger partial charge in [-0.1, -0.05) is 0 Å². The number of anilines is 1. The number of aliphatic imine (C=N–C) groups is 1. The van der Waals surface area contributed by atoms with E-state index in [-0.39, 0.29) is 5.56 Å². The van der Waals surface area contributed by atoms with Gasteiger partial charge in [0.15, 0.2) is 0 Å². The Morgan fingerprint density at radius 1 is 1.14 bits per heavy atom. The van der Waals surface area contributed by atoms with Crippen LogP contribution >= 0.6 is 0 Å². The van der Waals surface area contributed by atoms with Crippen molar-refractivity contribution in [1.82, 2.24) is 14.4 Å². The van der Waals surface area contributed by atoms with Crippen LogP contribution in [-0.2, 0) is 21.1 Å². The van der Waals surface area contributed by atoms with Crippen LogP contribution in [0.3, 0.4) is 0 Å². The maximum absolute atomic E-state index is 12.7. The van der Waals surface area contributed by atoms with Crippen molar-refractivity contribution < 1.29 is 14.0 Å². The third kappa shape index (κ3) is 5.56. The predicted octanol–water partition coefficient (Wildman–Crippen LogP) is 1.21. The molecule has 35 heavy (non-hydrogen) atoms. The summed E-state index contributed by atoms with van der Waals surface area (Å²) >= 11 is 0. The number of aromatic nitrogens is 1. The first-order chi connectivity index (χ1) is 16.6. The van der Waals surface area contributed by atoms with E-state index in [1.54, 1.807) is 37.1 Å². The summed E-state index contributed by atoms with van der Waals surface area (Å²) in [6.45, 7) is 13.7. The zero-order valence-electron chi connectivity index (χ0n) is 21.8. The summed E-state index contributed by atoms with van der Waals surface area (Å²) in [6.07, 6.45) is 9.35. The van der Waals surface area contributed by atoms with E-state index in [0.717, 1.165) is 50.6 Å². The van der Waals surface area contributed by atoms with Gasteiger partial charge in [-0.05, 0) is 45.9 Å². The molecule has 0 aliphatic carbocycles. The summed E-state index contributed by atoms with van der Waals surface area (Å²) < 4.78 is 19.2. The van der Waals surface area contributed by atoms with Gasteiger partial charge in [-0.3, -0.25) is 14.7 Å². The number of ether oxygens (including phenoxy) is 1. The number of allylic oxidation sites excluding steroid dienone is 3. The van der Waals surface area contributed by atoms with Gasteiger partial charge in [0.1, 0.15) is 5.69 Å². The van der Waals surface area contributed by atoms with Crippen molar-refractivity contribution >= 4 is 24.5 Å². The monoisotopic (exact) mass is 483 g/mol. The molecule has 3 fully saturated rings. The molecule has 0 bridgehead atoms. The van der Waals surface area contributed by atoms with Crippen LogP contribution < -0.4 is 16.3 Å². The van der Waals surface area contributed by atoms with Crippen LogP contribution in [0.15, 0.2) is 46.1 Å². The first-order valence-electron chi connectivity index (χ1n) is 12.3. The zero-order chi connectivity index (χ0) is 25.2. The average molecular weight is 483 g/mol. The zero-order valence-corrected chi connectivity index (χ0v) is 21.8. The van der Waals surface area contributed by atoms with Crippen molar-refractivity contribution in [3.05, 3.63) is 46.7 Å². The van der Waals surface area contributed by atoms with E-state index in [2.05, 4.69) is 20.1 Å².